The molecule has 2 aromatic carbocycles. The highest BCUT2D eigenvalue weighted by Gasteiger charge is 2.23. The minimum absolute atomic E-state index is 0.0890. The number of hydrogen-bond acceptors (Lipinski definition) is 7. The predicted molar refractivity (Wildman–Crippen MR) is 135 cm³/mol. The van der Waals surface area contributed by atoms with Crippen LogP contribution in [0, 0.1) is 11.7 Å². The lowest BCUT2D eigenvalue weighted by molar-refractivity contribution is 0.102. The SMILES string of the molecule is CC(C)Cn1c(N)c(C(=O)CSc2nnc(-c3ccc(F)cc3)c3ccccc23)c(=O)n(C)c1=O. The molecule has 0 spiro atoms. The van der Waals surface area contributed by atoms with Gasteiger partial charge in [0, 0.05) is 29.9 Å². The number of benzene rings is 2. The Hall–Kier alpha value is -3.79. The molecule has 0 aliphatic rings. The molecule has 0 saturated heterocycles. The van der Waals surface area contributed by atoms with E-state index in [0.29, 0.717) is 16.3 Å². The molecule has 4 aromatic rings. The Labute approximate surface area is 204 Å². The van der Waals surface area contributed by atoms with Gasteiger partial charge in [0.1, 0.15) is 27.9 Å². The van der Waals surface area contributed by atoms with Gasteiger partial charge in [-0.1, -0.05) is 49.9 Å². The molecule has 0 aliphatic heterocycles. The lowest BCUT2D eigenvalue weighted by atomic mass is 10.1. The van der Waals surface area contributed by atoms with Crippen molar-refractivity contribution in [3.8, 4) is 11.3 Å². The fourth-order valence-corrected chi connectivity index (χ4v) is 4.64. The topological polar surface area (TPSA) is 113 Å². The number of thioether (sulfide) groups is 1. The largest absolute Gasteiger partial charge is 0.384 e. The molecule has 8 nitrogen and oxygen atoms in total. The normalized spacial score (nSPS) is 11.3. The molecular weight excluding hydrogens is 469 g/mol. The molecule has 0 saturated carbocycles. The minimum Gasteiger partial charge on any atom is -0.384 e. The van der Waals surface area contributed by atoms with Crippen molar-refractivity contribution in [2.75, 3.05) is 11.5 Å². The van der Waals surface area contributed by atoms with E-state index in [-0.39, 0.29) is 35.4 Å². The van der Waals surface area contributed by atoms with E-state index in [9.17, 15) is 18.8 Å². The lowest BCUT2D eigenvalue weighted by Gasteiger charge is -2.16. The van der Waals surface area contributed by atoms with Gasteiger partial charge >= 0.3 is 5.69 Å². The number of carbonyl (C=O) groups is 1. The summed E-state index contributed by atoms with van der Waals surface area (Å²) < 4.78 is 15.5. The van der Waals surface area contributed by atoms with Gasteiger partial charge in [-0.05, 0) is 30.2 Å². The maximum absolute atomic E-state index is 13.4. The number of hydrogen-bond donors (Lipinski definition) is 1. The van der Waals surface area contributed by atoms with Crippen molar-refractivity contribution >= 4 is 34.1 Å². The van der Waals surface area contributed by atoms with Gasteiger partial charge in [0.2, 0.25) is 0 Å². The summed E-state index contributed by atoms with van der Waals surface area (Å²) in [6.45, 7) is 4.11. The number of aromatic nitrogens is 4. The van der Waals surface area contributed by atoms with E-state index in [4.69, 9.17) is 5.73 Å². The Morgan fingerprint density at radius 3 is 2.37 bits per heavy atom. The zero-order valence-corrected chi connectivity index (χ0v) is 20.3. The molecule has 0 amide bonds. The number of anilines is 1. The molecule has 2 heterocycles. The maximum Gasteiger partial charge on any atom is 0.332 e. The zero-order chi connectivity index (χ0) is 25.3. The smallest absolute Gasteiger partial charge is 0.332 e. The molecule has 0 bridgehead atoms. The van der Waals surface area contributed by atoms with Crippen LogP contribution < -0.4 is 17.0 Å². The summed E-state index contributed by atoms with van der Waals surface area (Å²) in [7, 11) is 1.33. The lowest BCUT2D eigenvalue weighted by Crippen LogP contribution is -2.43. The Morgan fingerprint density at radius 1 is 1.06 bits per heavy atom. The highest BCUT2D eigenvalue weighted by molar-refractivity contribution is 8.00. The molecule has 35 heavy (non-hydrogen) atoms. The monoisotopic (exact) mass is 493 g/mol. The maximum atomic E-state index is 13.4. The van der Waals surface area contributed by atoms with Crippen LogP contribution in [0.3, 0.4) is 0 Å². The number of halogens is 1. The molecule has 0 radical (unpaired) electrons. The van der Waals surface area contributed by atoms with Gasteiger partial charge in [-0.2, -0.15) is 0 Å². The molecule has 4 rings (SSSR count). The third kappa shape index (κ3) is 4.74. The van der Waals surface area contributed by atoms with E-state index >= 15 is 0 Å². The number of nitrogens with two attached hydrogens (primary N) is 1. The zero-order valence-electron chi connectivity index (χ0n) is 19.5. The average Bonchev–Trinajstić information content (AvgIpc) is 2.84. The van der Waals surface area contributed by atoms with Crippen molar-refractivity contribution in [3.05, 3.63) is 80.7 Å². The van der Waals surface area contributed by atoms with E-state index in [2.05, 4.69) is 10.2 Å². The summed E-state index contributed by atoms with van der Waals surface area (Å²) in [6.07, 6.45) is 0. The number of rotatable bonds is 7. The fourth-order valence-electron chi connectivity index (χ4n) is 3.80. The summed E-state index contributed by atoms with van der Waals surface area (Å²) in [5.41, 5.74) is 5.94. The average molecular weight is 494 g/mol. The molecule has 0 aliphatic carbocycles. The third-order valence-electron chi connectivity index (χ3n) is 5.52. The molecular formula is C25H24FN5O3S. The number of carbonyl (C=O) groups excluding carboxylic acids is 1. The first-order valence-corrected chi connectivity index (χ1v) is 11.9. The first-order chi connectivity index (χ1) is 16.7. The van der Waals surface area contributed by atoms with Crippen molar-refractivity contribution in [2.45, 2.75) is 25.4 Å². The van der Waals surface area contributed by atoms with Crippen molar-refractivity contribution in [3.63, 3.8) is 0 Å². The van der Waals surface area contributed by atoms with Crippen LogP contribution in [0.15, 0.2) is 63.1 Å². The van der Waals surface area contributed by atoms with Gasteiger partial charge in [-0.15, -0.1) is 10.2 Å². The first-order valence-electron chi connectivity index (χ1n) is 11.0. The predicted octanol–water partition coefficient (Wildman–Crippen LogP) is 3.51. The molecule has 180 valence electrons. The molecule has 0 fully saturated rings. The highest BCUT2D eigenvalue weighted by Crippen LogP contribution is 2.32. The van der Waals surface area contributed by atoms with E-state index < -0.39 is 17.0 Å². The van der Waals surface area contributed by atoms with E-state index in [1.165, 1.54) is 23.7 Å². The first kappa shape index (κ1) is 24.3. The number of nitrogen functional groups attached to an aromatic ring is 1. The number of nitrogens with zero attached hydrogens (tertiary/aromatic N) is 4. The van der Waals surface area contributed by atoms with Gasteiger partial charge in [-0.3, -0.25) is 18.7 Å². The Bertz CT molecular complexity index is 1540. The van der Waals surface area contributed by atoms with Gasteiger partial charge in [0.25, 0.3) is 5.56 Å². The fraction of sp³-hybridized carbons (Fsp3) is 0.240. The van der Waals surface area contributed by atoms with Crippen LogP contribution in [0.5, 0.6) is 0 Å². The number of fused-ring (bicyclic) bond motifs is 1. The van der Waals surface area contributed by atoms with Crippen molar-refractivity contribution in [1.82, 2.24) is 19.3 Å². The Balaban J connectivity index is 1.68. The number of Topliss-reactive ketones (excluding diaryl/α,β-unsaturated/α-hetero) is 1. The van der Waals surface area contributed by atoms with E-state index in [0.717, 1.165) is 27.1 Å². The summed E-state index contributed by atoms with van der Waals surface area (Å²) >= 11 is 1.13. The van der Waals surface area contributed by atoms with Crippen LogP contribution in [0.2, 0.25) is 0 Å². The van der Waals surface area contributed by atoms with Crippen LogP contribution >= 0.6 is 11.8 Å². The van der Waals surface area contributed by atoms with Crippen molar-refractivity contribution in [2.24, 2.45) is 13.0 Å². The van der Waals surface area contributed by atoms with E-state index in [1.54, 1.807) is 12.1 Å². The molecule has 10 heteroatoms. The summed E-state index contributed by atoms with van der Waals surface area (Å²) in [4.78, 5) is 38.3. The van der Waals surface area contributed by atoms with Crippen LogP contribution in [0.4, 0.5) is 10.2 Å². The highest BCUT2D eigenvalue weighted by atomic mass is 32.2. The minimum atomic E-state index is -0.722. The van der Waals surface area contributed by atoms with Crippen molar-refractivity contribution < 1.29 is 9.18 Å². The number of ketones is 1. The molecule has 0 atom stereocenters. The molecule has 0 unspecified atom stereocenters. The summed E-state index contributed by atoms with van der Waals surface area (Å²) in [5, 5.41) is 10.7. The summed E-state index contributed by atoms with van der Waals surface area (Å²) in [6, 6.07) is 13.4. The van der Waals surface area contributed by atoms with E-state index in [1.807, 2.05) is 38.1 Å². The molecule has 2 N–H and O–H groups in total. The van der Waals surface area contributed by atoms with Gasteiger partial charge in [-0.25, -0.2) is 9.18 Å². The second-order valence-corrected chi connectivity index (χ2v) is 9.49. The standard InChI is InChI=1S/C25H24FN5O3S/c1-14(2)12-31-22(27)20(24(33)30(3)25(31)34)19(32)13-35-23-18-7-5-4-6-17(18)21(28-29-23)15-8-10-16(26)11-9-15/h4-11,14H,12-13,27H2,1-3H3. The van der Waals surface area contributed by atoms with Gasteiger partial charge in [0.05, 0.1) is 5.75 Å². The van der Waals surface area contributed by atoms with Crippen LogP contribution in [0.25, 0.3) is 22.0 Å². The Morgan fingerprint density at radius 2 is 1.71 bits per heavy atom. The quantitative estimate of drug-likeness (QED) is 0.310. The summed E-state index contributed by atoms with van der Waals surface area (Å²) in [5.74, 6) is -1.000. The van der Waals surface area contributed by atoms with Crippen molar-refractivity contribution in [1.29, 1.82) is 0 Å². The second-order valence-electron chi connectivity index (χ2n) is 8.53. The van der Waals surface area contributed by atoms with Gasteiger partial charge < -0.3 is 5.73 Å². The van der Waals surface area contributed by atoms with Gasteiger partial charge in [0.15, 0.2) is 5.78 Å². The Kier molecular flexibility index (Phi) is 6.83. The second kappa shape index (κ2) is 9.83. The van der Waals surface area contributed by atoms with Crippen LogP contribution in [0.1, 0.15) is 24.2 Å². The third-order valence-corrected chi connectivity index (χ3v) is 6.50. The van der Waals surface area contributed by atoms with Crippen LogP contribution in [-0.4, -0.2) is 30.9 Å². The van der Waals surface area contributed by atoms with Crippen LogP contribution in [-0.2, 0) is 13.6 Å². The molecule has 2 aromatic heterocycles.